The Bertz CT molecular complexity index is 1210. The summed E-state index contributed by atoms with van der Waals surface area (Å²) in [5.74, 6) is -5.27. The zero-order chi connectivity index (χ0) is 26.7. The van der Waals surface area contributed by atoms with E-state index < -0.39 is 70.3 Å². The van der Waals surface area contributed by atoms with E-state index in [1.807, 2.05) is 0 Å². The van der Waals surface area contributed by atoms with E-state index in [2.05, 4.69) is 4.98 Å². The van der Waals surface area contributed by atoms with E-state index >= 15 is 0 Å². The molecule has 4 rings (SSSR count). The van der Waals surface area contributed by atoms with Gasteiger partial charge in [-0.1, -0.05) is 11.6 Å². The smallest absolute Gasteiger partial charge is 0.433 e. The van der Waals surface area contributed by atoms with Crippen molar-refractivity contribution in [3.05, 3.63) is 46.4 Å². The molecule has 1 fully saturated rings. The summed E-state index contributed by atoms with van der Waals surface area (Å²) in [6.45, 7) is -0.541. The number of alkyl halides is 6. The van der Waals surface area contributed by atoms with Crippen LogP contribution in [0.1, 0.15) is 11.3 Å². The van der Waals surface area contributed by atoms with Crippen molar-refractivity contribution in [2.24, 2.45) is 0 Å². The van der Waals surface area contributed by atoms with Crippen molar-refractivity contribution >= 4 is 34.9 Å². The first kappa shape index (κ1) is 25.9. The monoisotopic (exact) mass is 543 g/mol. The number of pyridine rings is 1. The van der Waals surface area contributed by atoms with Crippen LogP contribution in [0.4, 0.5) is 42.2 Å². The maximum Gasteiger partial charge on any atom is 0.433 e. The fourth-order valence-electron chi connectivity index (χ4n) is 3.83. The first-order valence-corrected chi connectivity index (χ1v) is 10.3. The summed E-state index contributed by atoms with van der Waals surface area (Å²) < 4.78 is 98.9. The molecule has 8 nitrogen and oxygen atoms in total. The summed E-state index contributed by atoms with van der Waals surface area (Å²) >= 11 is 5.85. The van der Waals surface area contributed by atoms with Gasteiger partial charge < -0.3 is 19.8 Å². The fourth-order valence-corrected chi connectivity index (χ4v) is 4.05. The van der Waals surface area contributed by atoms with Gasteiger partial charge in [0.1, 0.15) is 41.1 Å². The van der Waals surface area contributed by atoms with Crippen molar-refractivity contribution in [3.8, 4) is 5.75 Å². The Labute approximate surface area is 201 Å². The zero-order valence-corrected chi connectivity index (χ0v) is 18.2. The zero-order valence-electron chi connectivity index (χ0n) is 17.4. The summed E-state index contributed by atoms with van der Waals surface area (Å²) in [5, 5.41) is 20.0. The number of carbonyl (C=O) groups excluding carboxylic acids is 2. The van der Waals surface area contributed by atoms with Gasteiger partial charge in [0.25, 0.3) is 11.8 Å². The van der Waals surface area contributed by atoms with Crippen molar-refractivity contribution in [1.82, 2.24) is 4.98 Å². The molecule has 1 aromatic heterocycles. The van der Waals surface area contributed by atoms with Crippen LogP contribution in [0.25, 0.3) is 0 Å². The highest BCUT2D eigenvalue weighted by molar-refractivity contribution is 6.33. The normalized spacial score (nSPS) is 22.5. The molecular weight excluding hydrogens is 531 g/mol. The average molecular weight is 544 g/mol. The van der Waals surface area contributed by atoms with Gasteiger partial charge in [-0.15, -0.1) is 0 Å². The second-order valence-corrected chi connectivity index (χ2v) is 8.11. The van der Waals surface area contributed by atoms with Crippen LogP contribution in [0.5, 0.6) is 5.75 Å². The lowest BCUT2D eigenvalue weighted by Crippen LogP contribution is -2.53. The molecule has 2 amide bonds. The molecule has 3 heterocycles. The second kappa shape index (κ2) is 8.74. The number of hydrogen-bond acceptors (Lipinski definition) is 6. The minimum atomic E-state index is -5.38. The molecule has 1 aromatic carbocycles. The topological polar surface area (TPSA) is 103 Å². The second-order valence-electron chi connectivity index (χ2n) is 7.73. The number of nitrogens with zero attached hydrogens (tertiary/aromatic N) is 3. The molecule has 0 saturated carbocycles. The molecule has 0 unspecified atom stereocenters. The molecular formula is C20H13ClF7N3O5. The van der Waals surface area contributed by atoms with E-state index in [9.17, 15) is 50.5 Å². The number of benzene rings is 1. The third kappa shape index (κ3) is 4.30. The molecule has 0 radical (unpaired) electrons. The minimum Gasteiger partial charge on any atom is -0.488 e. The predicted molar refractivity (Wildman–Crippen MR) is 107 cm³/mol. The van der Waals surface area contributed by atoms with Crippen LogP contribution in [0.2, 0.25) is 5.02 Å². The van der Waals surface area contributed by atoms with Crippen LogP contribution in [0, 0.1) is 5.82 Å². The largest absolute Gasteiger partial charge is 0.488 e. The quantitative estimate of drug-likeness (QED) is 0.565. The molecule has 2 N–H and O–H groups in total. The van der Waals surface area contributed by atoms with Crippen LogP contribution in [0.3, 0.4) is 0 Å². The number of halogens is 8. The fraction of sp³-hybridized carbons (Fsp3) is 0.350. The number of aliphatic hydroxyl groups excluding tert-OH is 2. The van der Waals surface area contributed by atoms with Crippen molar-refractivity contribution < 1.29 is 55.3 Å². The lowest BCUT2D eigenvalue weighted by molar-refractivity contribution is -0.145. The van der Waals surface area contributed by atoms with Gasteiger partial charge >= 0.3 is 12.4 Å². The number of amides is 2. The number of fused-ring (bicyclic) bond motifs is 1. The SMILES string of the molecule is O=C([C@@H]1[C@H](O)[C@H](O)C(=O)N1c1cc(C(F)(F)F)cc(C(F)(F)F)n1)N1CCOc2c1ccc(F)c2Cl. The summed E-state index contributed by atoms with van der Waals surface area (Å²) in [5.41, 5.74) is -4.01. The molecule has 2 aromatic rings. The number of aromatic nitrogens is 1. The Morgan fingerprint density at radius 2 is 1.78 bits per heavy atom. The van der Waals surface area contributed by atoms with E-state index in [4.69, 9.17) is 16.3 Å². The van der Waals surface area contributed by atoms with Gasteiger partial charge in [0.05, 0.1) is 17.8 Å². The lowest BCUT2D eigenvalue weighted by Gasteiger charge is -2.34. The summed E-state index contributed by atoms with van der Waals surface area (Å²) in [4.78, 5) is 30.0. The van der Waals surface area contributed by atoms with E-state index in [0.717, 1.165) is 17.0 Å². The molecule has 1 saturated heterocycles. The van der Waals surface area contributed by atoms with Crippen LogP contribution in [0.15, 0.2) is 24.3 Å². The summed E-state index contributed by atoms with van der Waals surface area (Å²) in [6.07, 6.45) is -15.3. The third-order valence-electron chi connectivity index (χ3n) is 5.49. The Morgan fingerprint density at radius 3 is 2.39 bits per heavy atom. The highest BCUT2D eigenvalue weighted by Crippen LogP contribution is 2.42. The first-order chi connectivity index (χ1) is 16.6. The number of ether oxygens (including phenoxy) is 1. The molecule has 36 heavy (non-hydrogen) atoms. The number of rotatable bonds is 2. The predicted octanol–water partition coefficient (Wildman–Crippen LogP) is 2.77. The molecule has 0 bridgehead atoms. The number of aliphatic hydroxyl groups is 2. The lowest BCUT2D eigenvalue weighted by atomic mass is 10.1. The van der Waals surface area contributed by atoms with Gasteiger partial charge in [-0.05, 0) is 24.3 Å². The number of carbonyl (C=O) groups is 2. The Morgan fingerprint density at radius 1 is 1.11 bits per heavy atom. The van der Waals surface area contributed by atoms with Gasteiger partial charge in [0, 0.05) is 0 Å². The van der Waals surface area contributed by atoms with Crippen molar-refractivity contribution in [3.63, 3.8) is 0 Å². The van der Waals surface area contributed by atoms with E-state index in [1.54, 1.807) is 0 Å². The molecule has 0 aliphatic carbocycles. The number of hydrogen-bond donors (Lipinski definition) is 2. The Kier molecular flexibility index (Phi) is 6.29. The van der Waals surface area contributed by atoms with E-state index in [-0.39, 0.29) is 41.6 Å². The van der Waals surface area contributed by atoms with Crippen LogP contribution >= 0.6 is 11.6 Å². The summed E-state index contributed by atoms with van der Waals surface area (Å²) in [7, 11) is 0. The Balaban J connectivity index is 1.84. The molecule has 16 heteroatoms. The standard InChI is InChI=1S/C20H13ClF7N3O5/c21-12-8(22)1-2-9-16(12)36-4-3-30(9)17(34)13-14(32)15(33)18(35)31(13)11-6-7(19(23,24)25)5-10(29-11)20(26,27)28/h1-2,5-6,13-15,32-33H,3-4H2/t13-,14-,15-/m0/s1. The first-order valence-electron chi connectivity index (χ1n) is 9.90. The van der Waals surface area contributed by atoms with Crippen LogP contribution in [-0.4, -0.2) is 58.4 Å². The van der Waals surface area contributed by atoms with Crippen molar-refractivity contribution in [2.45, 2.75) is 30.6 Å². The minimum absolute atomic E-state index is 0.0718. The van der Waals surface area contributed by atoms with Crippen LogP contribution in [-0.2, 0) is 21.9 Å². The third-order valence-corrected chi connectivity index (χ3v) is 5.84. The molecule has 0 spiro atoms. The van der Waals surface area contributed by atoms with Crippen molar-refractivity contribution in [1.29, 1.82) is 0 Å². The van der Waals surface area contributed by atoms with Crippen LogP contribution < -0.4 is 14.5 Å². The molecule has 2 aliphatic heterocycles. The highest BCUT2D eigenvalue weighted by atomic mass is 35.5. The maximum absolute atomic E-state index is 13.8. The van der Waals surface area contributed by atoms with Gasteiger partial charge in [-0.2, -0.15) is 26.3 Å². The van der Waals surface area contributed by atoms with Gasteiger partial charge in [-0.3, -0.25) is 14.5 Å². The Hall–Kier alpha value is -3.17. The number of anilines is 2. The highest BCUT2D eigenvalue weighted by Gasteiger charge is 2.54. The molecule has 194 valence electrons. The van der Waals surface area contributed by atoms with E-state index in [0.29, 0.717) is 0 Å². The van der Waals surface area contributed by atoms with E-state index in [1.165, 1.54) is 0 Å². The maximum atomic E-state index is 13.8. The average Bonchev–Trinajstić information content (AvgIpc) is 3.03. The van der Waals surface area contributed by atoms with Gasteiger partial charge in [0.2, 0.25) is 0 Å². The molecule has 3 atom stereocenters. The van der Waals surface area contributed by atoms with Gasteiger partial charge in [0.15, 0.2) is 11.9 Å². The molecule has 2 aliphatic rings. The van der Waals surface area contributed by atoms with Crippen molar-refractivity contribution in [2.75, 3.05) is 23.0 Å². The summed E-state index contributed by atoms with van der Waals surface area (Å²) in [6, 6.07) is -0.482. The van der Waals surface area contributed by atoms with Gasteiger partial charge in [-0.25, -0.2) is 9.37 Å².